The fourth-order valence-corrected chi connectivity index (χ4v) is 3.28. The van der Waals surface area contributed by atoms with Gasteiger partial charge in [0.1, 0.15) is 12.0 Å². The van der Waals surface area contributed by atoms with Gasteiger partial charge < -0.3 is 20.3 Å². The Balaban J connectivity index is 1.89. The minimum absolute atomic E-state index is 0.0714. The van der Waals surface area contributed by atoms with E-state index in [1.165, 1.54) is 48.4 Å². The topological polar surface area (TPSA) is 82.0 Å². The summed E-state index contributed by atoms with van der Waals surface area (Å²) in [5.74, 6) is -1.38. The number of carbonyl (C=O) groups excluding carboxylic acids is 1. The number of methoxy groups -OCH3 is 1. The number of amides is 1. The van der Waals surface area contributed by atoms with Crippen molar-refractivity contribution >= 4 is 17.3 Å². The first kappa shape index (κ1) is 17.7. The van der Waals surface area contributed by atoms with Gasteiger partial charge in [0.15, 0.2) is 11.5 Å². The number of nitrogens with one attached hydrogen (secondary N) is 1. The van der Waals surface area contributed by atoms with E-state index in [9.17, 15) is 19.4 Å². The van der Waals surface area contributed by atoms with E-state index in [0.717, 1.165) is 0 Å². The quantitative estimate of drug-likeness (QED) is 0.598. The average Bonchev–Trinajstić information content (AvgIpc) is 2.71. The Bertz CT molecular complexity index is 1050. The number of ether oxygens (including phenoxy) is 1. The molecule has 0 aromatic heterocycles. The molecule has 3 N–H and O–H groups in total. The summed E-state index contributed by atoms with van der Waals surface area (Å²) in [6.45, 7) is 0. The maximum absolute atomic E-state index is 13.4. The summed E-state index contributed by atoms with van der Waals surface area (Å²) in [5, 5.41) is 23.3. The van der Waals surface area contributed by atoms with Crippen molar-refractivity contribution < 1.29 is 24.1 Å². The fraction of sp³-hybridized carbons (Fsp3) is 0.0952. The monoisotopic (exact) mass is 380 g/mol. The Kier molecular flexibility index (Phi) is 4.27. The first-order valence-electron chi connectivity index (χ1n) is 8.54. The Morgan fingerprint density at radius 1 is 1.07 bits per heavy atom. The normalized spacial score (nSPS) is 15.7. The molecular weight excluding hydrogens is 363 g/mol. The smallest absolute Gasteiger partial charge is 0.262 e. The van der Waals surface area contributed by atoms with Gasteiger partial charge >= 0.3 is 0 Å². The zero-order valence-electron chi connectivity index (χ0n) is 14.9. The summed E-state index contributed by atoms with van der Waals surface area (Å²) in [6.07, 6.45) is -0.715. The second-order valence-corrected chi connectivity index (χ2v) is 6.33. The van der Waals surface area contributed by atoms with Crippen LogP contribution in [-0.2, 0) is 0 Å². The summed E-state index contributed by atoms with van der Waals surface area (Å²) in [4.78, 5) is 14.7. The number of phenols is 2. The van der Waals surface area contributed by atoms with Crippen LogP contribution in [0, 0.1) is 5.82 Å². The first-order valence-corrected chi connectivity index (χ1v) is 8.54. The Hall–Kier alpha value is -3.74. The highest BCUT2D eigenvalue weighted by Gasteiger charge is 2.34. The van der Waals surface area contributed by atoms with E-state index >= 15 is 0 Å². The predicted molar refractivity (Wildman–Crippen MR) is 102 cm³/mol. The van der Waals surface area contributed by atoms with E-state index < -0.39 is 12.0 Å². The van der Waals surface area contributed by atoms with Gasteiger partial charge in [-0.2, -0.15) is 0 Å². The van der Waals surface area contributed by atoms with Gasteiger partial charge in [0.05, 0.1) is 12.7 Å². The van der Waals surface area contributed by atoms with Crippen molar-refractivity contribution in [2.75, 3.05) is 17.3 Å². The van der Waals surface area contributed by atoms with Gasteiger partial charge in [0.2, 0.25) is 5.75 Å². The van der Waals surface area contributed by atoms with Gasteiger partial charge in [0, 0.05) is 16.9 Å². The number of carbonyl (C=O) groups is 1. The number of phenolic OH excluding ortho intramolecular Hbond substituents is 2. The molecule has 6 nitrogen and oxygen atoms in total. The second kappa shape index (κ2) is 6.77. The van der Waals surface area contributed by atoms with Crippen molar-refractivity contribution in [1.82, 2.24) is 0 Å². The largest absolute Gasteiger partial charge is 0.504 e. The molecule has 0 fully saturated rings. The summed E-state index contributed by atoms with van der Waals surface area (Å²) in [7, 11) is 1.37. The van der Waals surface area contributed by atoms with Crippen molar-refractivity contribution in [3.8, 4) is 17.2 Å². The van der Waals surface area contributed by atoms with Crippen LogP contribution in [0.2, 0.25) is 0 Å². The van der Waals surface area contributed by atoms with Gasteiger partial charge in [-0.25, -0.2) is 4.39 Å². The van der Waals surface area contributed by atoms with Crippen LogP contribution in [0.4, 0.5) is 15.8 Å². The summed E-state index contributed by atoms with van der Waals surface area (Å²) >= 11 is 0. The molecule has 28 heavy (non-hydrogen) atoms. The molecule has 1 amide bonds. The van der Waals surface area contributed by atoms with Crippen LogP contribution in [-0.4, -0.2) is 23.2 Å². The number of halogens is 1. The van der Waals surface area contributed by atoms with E-state index in [1.807, 2.05) is 0 Å². The highest BCUT2D eigenvalue weighted by molar-refractivity contribution is 6.12. The average molecular weight is 380 g/mol. The van der Waals surface area contributed by atoms with Crippen LogP contribution in [0.5, 0.6) is 17.2 Å². The number of nitrogens with zero attached hydrogens (tertiary/aromatic N) is 1. The zero-order valence-corrected chi connectivity index (χ0v) is 14.9. The van der Waals surface area contributed by atoms with Gasteiger partial charge in [-0.05, 0) is 48.5 Å². The molecule has 0 spiro atoms. The number of anilines is 2. The number of rotatable bonds is 3. The van der Waals surface area contributed by atoms with E-state index in [1.54, 1.807) is 24.3 Å². The van der Waals surface area contributed by atoms with Crippen LogP contribution >= 0.6 is 0 Å². The van der Waals surface area contributed by atoms with Gasteiger partial charge in [-0.1, -0.05) is 12.1 Å². The number of hydrogen-bond donors (Lipinski definition) is 3. The maximum atomic E-state index is 13.4. The number of para-hydroxylation sites is 1. The predicted octanol–water partition coefficient (Wildman–Crippen LogP) is 4.02. The summed E-state index contributed by atoms with van der Waals surface area (Å²) < 4.78 is 18.5. The van der Waals surface area contributed by atoms with E-state index in [4.69, 9.17) is 4.74 Å². The molecule has 1 atom stereocenters. The Morgan fingerprint density at radius 3 is 2.50 bits per heavy atom. The highest BCUT2D eigenvalue weighted by Crippen LogP contribution is 2.42. The van der Waals surface area contributed by atoms with Crippen molar-refractivity contribution in [3.63, 3.8) is 0 Å². The van der Waals surface area contributed by atoms with Crippen LogP contribution in [0.1, 0.15) is 22.1 Å². The summed E-state index contributed by atoms with van der Waals surface area (Å²) in [6, 6.07) is 15.5. The molecular formula is C21H17FN2O4. The van der Waals surface area contributed by atoms with E-state index in [-0.39, 0.29) is 23.2 Å². The maximum Gasteiger partial charge on any atom is 0.262 e. The third-order valence-corrected chi connectivity index (χ3v) is 4.64. The SMILES string of the molecule is COc1cc([C@@H]2Nc3ccccc3C(=O)N2c2ccc(F)cc2)cc(O)c1O. The third-order valence-electron chi connectivity index (χ3n) is 4.64. The molecule has 1 aliphatic rings. The molecule has 4 rings (SSSR count). The lowest BCUT2D eigenvalue weighted by Gasteiger charge is -2.38. The van der Waals surface area contributed by atoms with Crippen molar-refractivity contribution in [2.24, 2.45) is 0 Å². The van der Waals surface area contributed by atoms with Crippen LogP contribution in [0.25, 0.3) is 0 Å². The molecule has 142 valence electrons. The Labute approximate surface area is 160 Å². The molecule has 3 aromatic rings. The second-order valence-electron chi connectivity index (χ2n) is 6.33. The zero-order chi connectivity index (χ0) is 19.8. The molecule has 1 aliphatic heterocycles. The summed E-state index contributed by atoms with van der Waals surface area (Å²) in [5.41, 5.74) is 2.06. The van der Waals surface area contributed by atoms with E-state index in [2.05, 4.69) is 5.32 Å². The van der Waals surface area contributed by atoms with Gasteiger partial charge in [-0.15, -0.1) is 0 Å². The molecule has 0 aliphatic carbocycles. The molecule has 0 unspecified atom stereocenters. The van der Waals surface area contributed by atoms with Gasteiger partial charge in [-0.3, -0.25) is 9.69 Å². The van der Waals surface area contributed by atoms with E-state index in [0.29, 0.717) is 22.5 Å². The van der Waals surface area contributed by atoms with Crippen LogP contribution < -0.4 is 15.0 Å². The molecule has 0 saturated heterocycles. The number of benzene rings is 3. The number of aromatic hydroxyl groups is 2. The molecule has 7 heteroatoms. The highest BCUT2D eigenvalue weighted by atomic mass is 19.1. The standard InChI is InChI=1S/C21H17FN2O4/c1-28-18-11-12(10-17(25)19(18)26)20-23-16-5-3-2-4-15(16)21(27)24(20)14-8-6-13(22)7-9-14/h2-11,20,23,25-26H,1H3/t20-/m1/s1. The molecule has 0 bridgehead atoms. The molecule has 1 heterocycles. The van der Waals surface area contributed by atoms with Gasteiger partial charge in [0.25, 0.3) is 5.91 Å². The number of fused-ring (bicyclic) bond motifs is 1. The molecule has 0 radical (unpaired) electrons. The minimum Gasteiger partial charge on any atom is -0.504 e. The fourth-order valence-electron chi connectivity index (χ4n) is 3.28. The molecule has 0 saturated carbocycles. The van der Waals surface area contributed by atoms with Crippen molar-refractivity contribution in [1.29, 1.82) is 0 Å². The van der Waals surface area contributed by atoms with Crippen molar-refractivity contribution in [2.45, 2.75) is 6.17 Å². The van der Waals surface area contributed by atoms with Crippen LogP contribution in [0.3, 0.4) is 0 Å². The molecule has 3 aromatic carbocycles. The van der Waals surface area contributed by atoms with Crippen molar-refractivity contribution in [3.05, 3.63) is 77.6 Å². The number of hydrogen-bond acceptors (Lipinski definition) is 5. The third kappa shape index (κ3) is 2.87. The first-order chi connectivity index (χ1) is 13.5. The minimum atomic E-state index is -0.715. The lowest BCUT2D eigenvalue weighted by atomic mass is 10.0. The van der Waals surface area contributed by atoms with Crippen LogP contribution in [0.15, 0.2) is 60.7 Å². The lowest BCUT2D eigenvalue weighted by Crippen LogP contribution is -2.43. The Morgan fingerprint density at radius 2 is 1.79 bits per heavy atom. The lowest BCUT2D eigenvalue weighted by molar-refractivity contribution is 0.0974.